The summed E-state index contributed by atoms with van der Waals surface area (Å²) in [7, 11) is 0. The first kappa shape index (κ1) is 18.1. The lowest BCUT2D eigenvalue weighted by Crippen LogP contribution is -1.94. The van der Waals surface area contributed by atoms with E-state index in [4.69, 9.17) is 0 Å². The van der Waals surface area contributed by atoms with Gasteiger partial charge in [-0.2, -0.15) is 0 Å². The van der Waals surface area contributed by atoms with Crippen molar-refractivity contribution in [3.05, 3.63) is 71.3 Å². The van der Waals surface area contributed by atoms with Crippen LogP contribution in [-0.4, -0.2) is 9.97 Å². The predicted molar refractivity (Wildman–Crippen MR) is 104 cm³/mol. The summed E-state index contributed by atoms with van der Waals surface area (Å²) >= 11 is 0. The van der Waals surface area contributed by atoms with Crippen molar-refractivity contribution in [2.45, 2.75) is 53.4 Å². The molecule has 0 fully saturated rings. The van der Waals surface area contributed by atoms with Gasteiger partial charge < -0.3 is 0 Å². The fourth-order valence-corrected chi connectivity index (χ4v) is 3.23. The van der Waals surface area contributed by atoms with Gasteiger partial charge in [-0.25, -0.2) is 0 Å². The summed E-state index contributed by atoms with van der Waals surface area (Å²) in [4.78, 5) is 8.48. The van der Waals surface area contributed by atoms with E-state index >= 15 is 0 Å². The number of aryl methyl sites for hydroxylation is 2. The first-order chi connectivity index (χ1) is 11.4. The lowest BCUT2D eigenvalue weighted by atomic mass is 9.94. The minimum atomic E-state index is 0.452. The quantitative estimate of drug-likeness (QED) is 0.563. The molecule has 0 aliphatic carbocycles. The molecule has 0 atom stereocenters. The maximum Gasteiger partial charge on any atom is 0.0522 e. The van der Waals surface area contributed by atoms with Gasteiger partial charge in [-0.15, -0.1) is 0 Å². The van der Waals surface area contributed by atoms with Crippen LogP contribution in [0.5, 0.6) is 0 Å². The van der Waals surface area contributed by atoms with Gasteiger partial charge in [-0.05, 0) is 59.9 Å². The SMILES string of the molecule is CC(C)c1nccc2ccncc12.Cc1cccc(C)c1C(C)C. The van der Waals surface area contributed by atoms with Gasteiger partial charge in [0.1, 0.15) is 0 Å². The topological polar surface area (TPSA) is 25.8 Å². The van der Waals surface area contributed by atoms with E-state index in [1.165, 1.54) is 27.5 Å². The van der Waals surface area contributed by atoms with Gasteiger partial charge in [0.05, 0.1) is 5.69 Å². The fraction of sp³-hybridized carbons (Fsp3) is 0.364. The second kappa shape index (κ2) is 8.05. The predicted octanol–water partition coefficient (Wildman–Crippen LogP) is 6.18. The molecule has 3 aromatic rings. The largest absolute Gasteiger partial charge is 0.264 e. The second-order valence-electron chi connectivity index (χ2n) is 6.91. The van der Waals surface area contributed by atoms with Crippen LogP contribution in [-0.2, 0) is 0 Å². The maximum atomic E-state index is 4.37. The molecular weight excluding hydrogens is 292 g/mol. The highest BCUT2D eigenvalue weighted by Gasteiger charge is 2.05. The van der Waals surface area contributed by atoms with Gasteiger partial charge in [0.25, 0.3) is 0 Å². The van der Waals surface area contributed by atoms with Crippen molar-refractivity contribution < 1.29 is 0 Å². The molecule has 0 saturated heterocycles. The number of nitrogens with zero attached hydrogens (tertiary/aromatic N) is 2. The van der Waals surface area contributed by atoms with E-state index in [0.29, 0.717) is 11.8 Å². The van der Waals surface area contributed by atoms with E-state index in [1.807, 2.05) is 30.7 Å². The Hall–Kier alpha value is -2.22. The summed E-state index contributed by atoms with van der Waals surface area (Å²) in [5, 5.41) is 2.38. The Kier molecular flexibility index (Phi) is 6.08. The molecule has 1 aromatic carbocycles. The van der Waals surface area contributed by atoms with Crippen LogP contribution in [0.1, 0.15) is 61.9 Å². The smallest absolute Gasteiger partial charge is 0.0522 e. The van der Waals surface area contributed by atoms with Crippen LogP contribution in [0, 0.1) is 13.8 Å². The summed E-state index contributed by atoms with van der Waals surface area (Å²) in [6.07, 6.45) is 5.56. The average Bonchev–Trinajstić information content (AvgIpc) is 2.54. The zero-order chi connectivity index (χ0) is 17.7. The maximum absolute atomic E-state index is 4.37. The molecule has 0 saturated carbocycles. The van der Waals surface area contributed by atoms with Crippen LogP contribution in [0.2, 0.25) is 0 Å². The zero-order valence-corrected chi connectivity index (χ0v) is 15.7. The van der Waals surface area contributed by atoms with Crippen LogP contribution < -0.4 is 0 Å². The number of aromatic nitrogens is 2. The van der Waals surface area contributed by atoms with Gasteiger partial charge in [0, 0.05) is 24.0 Å². The van der Waals surface area contributed by atoms with Crippen molar-refractivity contribution in [3.8, 4) is 0 Å². The minimum absolute atomic E-state index is 0.452. The third-order valence-electron chi connectivity index (χ3n) is 4.26. The molecule has 24 heavy (non-hydrogen) atoms. The lowest BCUT2D eigenvalue weighted by molar-refractivity contribution is 0.834. The van der Waals surface area contributed by atoms with E-state index in [2.05, 4.69) is 69.7 Å². The Morgan fingerprint density at radius 3 is 1.96 bits per heavy atom. The lowest BCUT2D eigenvalue weighted by Gasteiger charge is -2.12. The Morgan fingerprint density at radius 2 is 1.42 bits per heavy atom. The summed E-state index contributed by atoms with van der Waals surface area (Å²) < 4.78 is 0. The number of rotatable bonds is 2. The molecule has 2 aromatic heterocycles. The highest BCUT2D eigenvalue weighted by molar-refractivity contribution is 5.83. The van der Waals surface area contributed by atoms with Crippen molar-refractivity contribution >= 4 is 10.8 Å². The number of fused-ring (bicyclic) bond motifs is 1. The van der Waals surface area contributed by atoms with Crippen molar-refractivity contribution in [2.24, 2.45) is 0 Å². The minimum Gasteiger partial charge on any atom is -0.264 e. The number of hydrogen-bond acceptors (Lipinski definition) is 2. The Bertz CT molecular complexity index is 778. The normalized spacial score (nSPS) is 10.8. The molecule has 0 amide bonds. The van der Waals surface area contributed by atoms with Crippen LogP contribution in [0.4, 0.5) is 0 Å². The van der Waals surface area contributed by atoms with Crippen LogP contribution in [0.3, 0.4) is 0 Å². The van der Waals surface area contributed by atoms with Crippen molar-refractivity contribution in [1.82, 2.24) is 9.97 Å². The van der Waals surface area contributed by atoms with Gasteiger partial charge >= 0.3 is 0 Å². The van der Waals surface area contributed by atoms with Crippen LogP contribution in [0.15, 0.2) is 48.9 Å². The van der Waals surface area contributed by atoms with Gasteiger partial charge in [-0.3, -0.25) is 9.97 Å². The summed E-state index contributed by atoms with van der Waals surface area (Å²) in [5.74, 6) is 1.10. The van der Waals surface area contributed by atoms with Gasteiger partial charge in [0.2, 0.25) is 0 Å². The molecule has 126 valence electrons. The molecule has 0 unspecified atom stereocenters. The van der Waals surface area contributed by atoms with Crippen molar-refractivity contribution in [2.75, 3.05) is 0 Å². The molecule has 2 heteroatoms. The number of benzene rings is 1. The van der Waals surface area contributed by atoms with E-state index in [1.54, 1.807) is 0 Å². The molecule has 2 nitrogen and oxygen atoms in total. The van der Waals surface area contributed by atoms with Crippen molar-refractivity contribution in [1.29, 1.82) is 0 Å². The number of pyridine rings is 2. The summed E-state index contributed by atoms with van der Waals surface area (Å²) in [6, 6.07) is 10.5. The van der Waals surface area contributed by atoms with Gasteiger partial charge in [-0.1, -0.05) is 45.9 Å². The van der Waals surface area contributed by atoms with E-state index in [9.17, 15) is 0 Å². The Morgan fingerprint density at radius 1 is 0.792 bits per heavy atom. The molecule has 0 N–H and O–H groups in total. The molecule has 0 aliphatic rings. The molecule has 0 aliphatic heterocycles. The zero-order valence-electron chi connectivity index (χ0n) is 15.7. The molecule has 0 bridgehead atoms. The van der Waals surface area contributed by atoms with Crippen molar-refractivity contribution in [3.63, 3.8) is 0 Å². The average molecular weight is 320 g/mol. The fourth-order valence-electron chi connectivity index (χ4n) is 3.23. The Balaban J connectivity index is 0.000000177. The molecule has 0 radical (unpaired) electrons. The van der Waals surface area contributed by atoms with Crippen LogP contribution in [0.25, 0.3) is 10.8 Å². The monoisotopic (exact) mass is 320 g/mol. The number of hydrogen-bond donors (Lipinski definition) is 0. The standard InChI is InChI=1S/C11H12N2.C11H16/c1-8(2)11-10-7-12-5-3-9(10)4-6-13-11;1-8(2)11-9(3)6-5-7-10(11)4/h3-8H,1-2H3;5-8H,1-4H3. The molecular formula is C22H28N2. The Labute approximate surface area is 146 Å². The molecule has 2 heterocycles. The van der Waals surface area contributed by atoms with Crippen LogP contribution >= 0.6 is 0 Å². The first-order valence-electron chi connectivity index (χ1n) is 8.66. The molecule has 0 spiro atoms. The highest BCUT2D eigenvalue weighted by Crippen LogP contribution is 2.22. The van der Waals surface area contributed by atoms with Gasteiger partial charge in [0.15, 0.2) is 0 Å². The first-order valence-corrected chi connectivity index (χ1v) is 8.66. The third-order valence-corrected chi connectivity index (χ3v) is 4.26. The van der Waals surface area contributed by atoms with E-state index in [-0.39, 0.29) is 0 Å². The second-order valence-corrected chi connectivity index (χ2v) is 6.91. The molecule has 3 rings (SSSR count). The summed E-state index contributed by atoms with van der Waals surface area (Å²) in [6.45, 7) is 13.2. The highest BCUT2D eigenvalue weighted by atomic mass is 14.7. The van der Waals surface area contributed by atoms with E-state index < -0.39 is 0 Å². The van der Waals surface area contributed by atoms with E-state index in [0.717, 1.165) is 5.69 Å². The third kappa shape index (κ3) is 4.19. The summed E-state index contributed by atoms with van der Waals surface area (Å²) in [5.41, 5.74) is 5.47.